The molecule has 0 amide bonds. The van der Waals surface area contributed by atoms with Crippen molar-refractivity contribution in [1.29, 1.82) is 0 Å². The summed E-state index contributed by atoms with van der Waals surface area (Å²) in [7, 11) is -0.810. The van der Waals surface area contributed by atoms with Gasteiger partial charge in [0.25, 0.3) is 0 Å². The lowest BCUT2D eigenvalue weighted by molar-refractivity contribution is 0.831. The summed E-state index contributed by atoms with van der Waals surface area (Å²) in [4.78, 5) is 0. The summed E-state index contributed by atoms with van der Waals surface area (Å²) in [5.41, 5.74) is 4.57. The van der Waals surface area contributed by atoms with Crippen LogP contribution in [0.2, 0.25) is 0 Å². The van der Waals surface area contributed by atoms with Gasteiger partial charge in [-0.3, -0.25) is 0 Å². The van der Waals surface area contributed by atoms with Gasteiger partial charge in [0.15, 0.2) is 0 Å². The third kappa shape index (κ3) is 6.41. The molecule has 1 aromatic rings. The van der Waals surface area contributed by atoms with E-state index < -0.39 is 7.26 Å². The number of benzene rings is 1. The first-order valence-corrected chi connectivity index (χ1v) is 12.0. The van der Waals surface area contributed by atoms with Crippen molar-refractivity contribution in [3.8, 4) is 0 Å². The number of aryl methyl sites for hydroxylation is 2. The van der Waals surface area contributed by atoms with Gasteiger partial charge in [-0.1, -0.05) is 63.8 Å². The molecule has 0 bridgehead atoms. The third-order valence-corrected chi connectivity index (χ3v) is 9.77. The van der Waals surface area contributed by atoms with Crippen molar-refractivity contribution in [3.63, 3.8) is 0 Å². The van der Waals surface area contributed by atoms with Gasteiger partial charge in [-0.15, -0.1) is 0 Å². The Hall–Kier alpha value is -0.350. The molecule has 0 spiro atoms. The van der Waals surface area contributed by atoms with E-state index in [0.29, 0.717) is 0 Å². The maximum atomic E-state index is 2.42. The number of rotatable bonds is 11. The van der Waals surface area contributed by atoms with Gasteiger partial charge < -0.3 is 0 Å². The van der Waals surface area contributed by atoms with Crippen LogP contribution >= 0.6 is 7.26 Å². The molecule has 1 heteroatoms. The quantitative estimate of drug-likeness (QED) is 0.377. The monoisotopic (exact) mass is 321 g/mol. The Labute approximate surface area is 140 Å². The Balaban J connectivity index is 2.97. The van der Waals surface area contributed by atoms with Crippen LogP contribution in [-0.2, 0) is 6.16 Å². The fourth-order valence-corrected chi connectivity index (χ4v) is 8.62. The van der Waals surface area contributed by atoms with Gasteiger partial charge in [-0.25, -0.2) is 0 Å². The lowest BCUT2D eigenvalue weighted by Crippen LogP contribution is -2.12. The molecule has 0 radical (unpaired) electrons. The second-order valence-electron chi connectivity index (χ2n) is 7.16. The van der Waals surface area contributed by atoms with E-state index in [4.69, 9.17) is 0 Å². The molecule has 0 nitrogen and oxygen atoms in total. The molecule has 0 atom stereocenters. The highest BCUT2D eigenvalue weighted by Gasteiger charge is 2.35. The fourth-order valence-electron chi connectivity index (χ4n) is 3.44. The molecule has 0 saturated heterocycles. The van der Waals surface area contributed by atoms with Gasteiger partial charge >= 0.3 is 0 Å². The molecule has 0 aliphatic carbocycles. The van der Waals surface area contributed by atoms with Gasteiger partial charge in [0.05, 0.1) is 24.6 Å². The van der Waals surface area contributed by atoms with Crippen LogP contribution in [0.1, 0.15) is 76.0 Å². The predicted octanol–water partition coefficient (Wildman–Crippen LogP) is 7.22. The maximum absolute atomic E-state index is 2.42. The summed E-state index contributed by atoms with van der Waals surface area (Å²) in [5, 5.41) is 0. The molecular weight excluding hydrogens is 283 g/mol. The van der Waals surface area contributed by atoms with E-state index >= 15 is 0 Å². The summed E-state index contributed by atoms with van der Waals surface area (Å²) < 4.78 is 0. The Morgan fingerprint density at radius 1 is 0.773 bits per heavy atom. The van der Waals surface area contributed by atoms with E-state index in [1.165, 1.54) is 74.3 Å². The van der Waals surface area contributed by atoms with Crippen molar-refractivity contribution in [2.45, 2.75) is 79.3 Å². The van der Waals surface area contributed by atoms with Gasteiger partial charge in [0, 0.05) is 7.26 Å². The number of hydrogen-bond donors (Lipinski definition) is 0. The van der Waals surface area contributed by atoms with Crippen LogP contribution in [-0.4, -0.2) is 18.5 Å². The summed E-state index contributed by atoms with van der Waals surface area (Å²) >= 11 is 0. The van der Waals surface area contributed by atoms with Gasteiger partial charge in [-0.05, 0) is 44.2 Å². The zero-order valence-electron chi connectivity index (χ0n) is 15.8. The van der Waals surface area contributed by atoms with Gasteiger partial charge in [0.2, 0.25) is 0 Å². The molecule has 1 rings (SSSR count). The predicted molar refractivity (Wildman–Crippen MR) is 106 cm³/mol. The third-order valence-electron chi connectivity index (χ3n) is 4.96. The zero-order chi connectivity index (χ0) is 16.4. The van der Waals surface area contributed by atoms with E-state index in [1.54, 1.807) is 5.56 Å². The van der Waals surface area contributed by atoms with Crippen LogP contribution in [0.25, 0.3) is 0 Å². The standard InChI is InChI=1S/C21H38P/c1-6-9-14-22(15-10-7-2,16-11-8-3)18-21-13-12-19(4)17-20(21)5/h12-13,17H,6-11,14-16,18H2,1-5H3/q+1. The summed E-state index contributed by atoms with van der Waals surface area (Å²) in [6.07, 6.45) is 14.3. The smallest absolute Gasteiger partial charge is 0.0652 e. The Bertz CT molecular complexity index is 400. The van der Waals surface area contributed by atoms with Crippen molar-refractivity contribution < 1.29 is 0 Å². The minimum absolute atomic E-state index is 0.810. The molecule has 0 aliphatic heterocycles. The van der Waals surface area contributed by atoms with Crippen LogP contribution in [0.5, 0.6) is 0 Å². The van der Waals surface area contributed by atoms with Gasteiger partial charge in [0.1, 0.15) is 0 Å². The summed E-state index contributed by atoms with van der Waals surface area (Å²) in [6, 6.07) is 7.11. The fraction of sp³-hybridized carbons (Fsp3) is 0.714. The highest BCUT2D eigenvalue weighted by atomic mass is 31.2. The second-order valence-corrected chi connectivity index (χ2v) is 11.5. The first-order valence-electron chi connectivity index (χ1n) is 9.48. The van der Waals surface area contributed by atoms with Crippen molar-refractivity contribution in [3.05, 3.63) is 34.9 Å². The Kier molecular flexibility index (Phi) is 9.34. The maximum Gasteiger partial charge on any atom is 0.0845 e. The molecule has 0 heterocycles. The molecule has 1 aromatic carbocycles. The van der Waals surface area contributed by atoms with E-state index in [0.717, 1.165) is 0 Å². The minimum atomic E-state index is -0.810. The Morgan fingerprint density at radius 3 is 1.68 bits per heavy atom. The molecule has 0 unspecified atom stereocenters. The molecule has 126 valence electrons. The van der Waals surface area contributed by atoms with E-state index in [1.807, 2.05) is 0 Å². The molecule has 0 fully saturated rings. The van der Waals surface area contributed by atoms with Crippen molar-refractivity contribution >= 4 is 7.26 Å². The molecule has 0 aromatic heterocycles. The lowest BCUT2D eigenvalue weighted by atomic mass is 10.1. The zero-order valence-corrected chi connectivity index (χ0v) is 16.6. The lowest BCUT2D eigenvalue weighted by Gasteiger charge is -2.29. The second kappa shape index (κ2) is 10.4. The van der Waals surface area contributed by atoms with Crippen molar-refractivity contribution in [2.24, 2.45) is 0 Å². The Morgan fingerprint density at radius 2 is 1.27 bits per heavy atom. The summed E-state index contributed by atoms with van der Waals surface area (Å²) in [5.74, 6) is 0. The molecular formula is C21H38P+. The average Bonchev–Trinajstić information content (AvgIpc) is 2.51. The van der Waals surface area contributed by atoms with E-state index in [2.05, 4.69) is 52.8 Å². The van der Waals surface area contributed by atoms with Crippen LogP contribution < -0.4 is 0 Å². The molecule has 22 heavy (non-hydrogen) atoms. The van der Waals surface area contributed by atoms with E-state index in [-0.39, 0.29) is 0 Å². The van der Waals surface area contributed by atoms with Crippen molar-refractivity contribution in [1.82, 2.24) is 0 Å². The summed E-state index contributed by atoms with van der Waals surface area (Å²) in [6.45, 7) is 11.6. The highest BCUT2D eigenvalue weighted by molar-refractivity contribution is 7.75. The normalized spacial score (nSPS) is 11.9. The molecule has 0 N–H and O–H groups in total. The minimum Gasteiger partial charge on any atom is -0.0652 e. The molecule has 0 aliphatic rings. The van der Waals surface area contributed by atoms with Crippen LogP contribution in [0.3, 0.4) is 0 Å². The largest absolute Gasteiger partial charge is 0.0845 e. The molecule has 0 saturated carbocycles. The SMILES string of the molecule is CCCC[P+](CCCC)(CCCC)Cc1ccc(C)cc1C. The number of hydrogen-bond acceptors (Lipinski definition) is 0. The first-order chi connectivity index (χ1) is 10.6. The van der Waals surface area contributed by atoms with Crippen molar-refractivity contribution in [2.75, 3.05) is 18.5 Å². The van der Waals surface area contributed by atoms with E-state index in [9.17, 15) is 0 Å². The number of unbranched alkanes of at least 4 members (excludes halogenated alkanes) is 3. The van der Waals surface area contributed by atoms with Gasteiger partial charge in [-0.2, -0.15) is 0 Å². The average molecular weight is 322 g/mol. The van der Waals surface area contributed by atoms with Crippen LogP contribution in [0, 0.1) is 13.8 Å². The highest BCUT2D eigenvalue weighted by Crippen LogP contribution is 2.63. The topological polar surface area (TPSA) is 0 Å². The van der Waals surface area contributed by atoms with Crippen LogP contribution in [0.4, 0.5) is 0 Å². The van der Waals surface area contributed by atoms with Crippen LogP contribution in [0.15, 0.2) is 18.2 Å². The first kappa shape index (κ1) is 19.7.